The standard InChI is InChI=1S/C14H19N/c1-10(2)13-7-8-14(15,9-13)12-6-4-3-5-11(12)13/h3-6,10H,7-9,15H2,1-2H3. The van der Waals surface area contributed by atoms with Gasteiger partial charge >= 0.3 is 0 Å². The van der Waals surface area contributed by atoms with Gasteiger partial charge in [-0.15, -0.1) is 0 Å². The highest BCUT2D eigenvalue weighted by Gasteiger charge is 2.56. The van der Waals surface area contributed by atoms with E-state index in [1.165, 1.54) is 24.0 Å². The van der Waals surface area contributed by atoms with E-state index in [1.807, 2.05) is 0 Å². The van der Waals surface area contributed by atoms with E-state index < -0.39 is 0 Å². The summed E-state index contributed by atoms with van der Waals surface area (Å²) in [4.78, 5) is 0. The smallest absolute Gasteiger partial charge is 0.0421 e. The first-order chi connectivity index (χ1) is 7.08. The predicted octanol–water partition coefficient (Wildman–Crippen LogP) is 2.93. The molecule has 1 heteroatoms. The second-order valence-electron chi connectivity index (χ2n) is 5.69. The van der Waals surface area contributed by atoms with Crippen LogP contribution in [0.25, 0.3) is 0 Å². The van der Waals surface area contributed by atoms with Gasteiger partial charge in [0, 0.05) is 11.0 Å². The fraction of sp³-hybridized carbons (Fsp3) is 0.571. The molecule has 0 aromatic heterocycles. The Morgan fingerprint density at radius 3 is 2.47 bits per heavy atom. The van der Waals surface area contributed by atoms with Crippen molar-refractivity contribution in [3.63, 3.8) is 0 Å². The number of hydrogen-bond acceptors (Lipinski definition) is 1. The summed E-state index contributed by atoms with van der Waals surface area (Å²) in [6.45, 7) is 4.68. The van der Waals surface area contributed by atoms with Gasteiger partial charge in [-0.25, -0.2) is 0 Å². The zero-order chi connectivity index (χ0) is 10.7. The molecule has 1 aromatic carbocycles. The number of benzene rings is 1. The van der Waals surface area contributed by atoms with Crippen molar-refractivity contribution in [1.82, 2.24) is 0 Å². The maximum atomic E-state index is 6.53. The summed E-state index contributed by atoms with van der Waals surface area (Å²) in [5.74, 6) is 0.701. The van der Waals surface area contributed by atoms with Crippen LogP contribution in [0, 0.1) is 5.92 Å². The Labute approximate surface area is 91.7 Å². The van der Waals surface area contributed by atoms with Crippen LogP contribution in [-0.4, -0.2) is 0 Å². The van der Waals surface area contributed by atoms with E-state index in [9.17, 15) is 0 Å². The summed E-state index contributed by atoms with van der Waals surface area (Å²) < 4.78 is 0. The molecule has 2 aliphatic rings. The van der Waals surface area contributed by atoms with Crippen molar-refractivity contribution in [2.24, 2.45) is 11.7 Å². The molecule has 0 heterocycles. The van der Waals surface area contributed by atoms with Crippen molar-refractivity contribution < 1.29 is 0 Å². The fourth-order valence-electron chi connectivity index (χ4n) is 3.80. The van der Waals surface area contributed by atoms with Crippen molar-refractivity contribution in [3.8, 4) is 0 Å². The molecule has 0 aliphatic heterocycles. The lowest BCUT2D eigenvalue weighted by molar-refractivity contribution is 0.318. The van der Waals surface area contributed by atoms with Crippen molar-refractivity contribution in [2.45, 2.75) is 44.1 Å². The van der Waals surface area contributed by atoms with Gasteiger partial charge in [0.1, 0.15) is 0 Å². The van der Waals surface area contributed by atoms with E-state index >= 15 is 0 Å². The molecule has 1 aromatic rings. The van der Waals surface area contributed by atoms with Gasteiger partial charge in [-0.2, -0.15) is 0 Å². The first kappa shape index (κ1) is 9.41. The maximum absolute atomic E-state index is 6.53. The topological polar surface area (TPSA) is 26.0 Å². The molecule has 1 fully saturated rings. The quantitative estimate of drug-likeness (QED) is 0.742. The summed E-state index contributed by atoms with van der Waals surface area (Å²) in [6.07, 6.45) is 3.61. The Morgan fingerprint density at radius 2 is 1.80 bits per heavy atom. The molecule has 0 amide bonds. The van der Waals surface area contributed by atoms with Crippen LogP contribution in [0.2, 0.25) is 0 Å². The minimum absolute atomic E-state index is 0.0130. The lowest BCUT2D eigenvalue weighted by Gasteiger charge is -2.33. The van der Waals surface area contributed by atoms with Crippen LogP contribution in [0.4, 0.5) is 0 Å². The number of nitrogens with two attached hydrogens (primary N) is 1. The summed E-state index contributed by atoms with van der Waals surface area (Å²) in [5.41, 5.74) is 9.86. The maximum Gasteiger partial charge on any atom is 0.0421 e. The lowest BCUT2D eigenvalue weighted by atomic mass is 9.71. The SMILES string of the molecule is CC(C)C12CCC(N)(C1)c1ccccc12. The molecule has 80 valence electrons. The number of rotatable bonds is 1. The Morgan fingerprint density at radius 1 is 1.13 bits per heavy atom. The molecule has 2 N–H and O–H groups in total. The first-order valence-electron chi connectivity index (χ1n) is 5.97. The monoisotopic (exact) mass is 201 g/mol. The Balaban J connectivity index is 2.25. The second-order valence-corrected chi connectivity index (χ2v) is 5.69. The van der Waals surface area contributed by atoms with Gasteiger partial charge in [0.15, 0.2) is 0 Å². The van der Waals surface area contributed by atoms with E-state index in [2.05, 4.69) is 38.1 Å². The Bertz CT molecular complexity index is 410. The summed E-state index contributed by atoms with van der Waals surface area (Å²) in [6, 6.07) is 8.82. The van der Waals surface area contributed by atoms with Crippen molar-refractivity contribution >= 4 is 0 Å². The average molecular weight is 201 g/mol. The Hall–Kier alpha value is -0.820. The van der Waals surface area contributed by atoms with Crippen molar-refractivity contribution in [1.29, 1.82) is 0 Å². The summed E-state index contributed by atoms with van der Waals surface area (Å²) in [7, 11) is 0. The van der Waals surface area contributed by atoms with Gasteiger partial charge < -0.3 is 5.73 Å². The van der Waals surface area contributed by atoms with Crippen molar-refractivity contribution in [2.75, 3.05) is 0 Å². The van der Waals surface area contributed by atoms with Gasteiger partial charge in [-0.1, -0.05) is 38.1 Å². The van der Waals surface area contributed by atoms with E-state index in [0.29, 0.717) is 11.3 Å². The molecule has 1 saturated carbocycles. The molecule has 2 aliphatic carbocycles. The second kappa shape index (κ2) is 2.65. The lowest BCUT2D eigenvalue weighted by Crippen LogP contribution is -2.31. The van der Waals surface area contributed by atoms with Gasteiger partial charge in [0.25, 0.3) is 0 Å². The average Bonchev–Trinajstić information content (AvgIpc) is 2.70. The highest BCUT2D eigenvalue weighted by atomic mass is 14.8. The van der Waals surface area contributed by atoms with E-state index in [4.69, 9.17) is 5.73 Å². The Kier molecular flexibility index (Phi) is 1.66. The largest absolute Gasteiger partial charge is 0.321 e. The van der Waals surface area contributed by atoms with E-state index in [1.54, 1.807) is 0 Å². The van der Waals surface area contributed by atoms with Crippen LogP contribution in [-0.2, 0) is 11.0 Å². The third-order valence-electron chi connectivity index (χ3n) is 4.75. The van der Waals surface area contributed by atoms with Crippen LogP contribution >= 0.6 is 0 Å². The van der Waals surface area contributed by atoms with Gasteiger partial charge in [-0.05, 0) is 36.3 Å². The highest BCUT2D eigenvalue weighted by molar-refractivity contribution is 5.48. The molecule has 0 saturated heterocycles. The number of fused-ring (bicyclic) bond motifs is 5. The van der Waals surface area contributed by atoms with Crippen molar-refractivity contribution in [3.05, 3.63) is 35.4 Å². The molecule has 3 rings (SSSR count). The van der Waals surface area contributed by atoms with Crippen LogP contribution in [0.15, 0.2) is 24.3 Å². The molecule has 2 atom stereocenters. The predicted molar refractivity (Wildman–Crippen MR) is 62.7 cm³/mol. The van der Waals surface area contributed by atoms with Gasteiger partial charge in [-0.3, -0.25) is 0 Å². The minimum Gasteiger partial charge on any atom is -0.321 e. The molecule has 2 bridgehead atoms. The molecule has 0 spiro atoms. The third kappa shape index (κ3) is 0.971. The molecular formula is C14H19N. The molecule has 1 nitrogen and oxygen atoms in total. The van der Waals surface area contributed by atoms with Crippen LogP contribution < -0.4 is 5.73 Å². The van der Waals surface area contributed by atoms with E-state index in [-0.39, 0.29) is 5.54 Å². The molecule has 0 radical (unpaired) electrons. The van der Waals surface area contributed by atoms with Crippen LogP contribution in [0.3, 0.4) is 0 Å². The fourth-order valence-corrected chi connectivity index (χ4v) is 3.80. The number of hydrogen-bond donors (Lipinski definition) is 1. The first-order valence-corrected chi connectivity index (χ1v) is 5.97. The normalized spacial score (nSPS) is 37.3. The summed E-state index contributed by atoms with van der Waals surface area (Å²) >= 11 is 0. The van der Waals surface area contributed by atoms with Crippen LogP contribution in [0.1, 0.15) is 44.2 Å². The molecule has 2 unspecified atom stereocenters. The highest BCUT2D eigenvalue weighted by Crippen LogP contribution is 2.61. The zero-order valence-corrected chi connectivity index (χ0v) is 9.59. The van der Waals surface area contributed by atoms with Gasteiger partial charge in [0.05, 0.1) is 0 Å². The van der Waals surface area contributed by atoms with Crippen LogP contribution in [0.5, 0.6) is 0 Å². The molecule has 15 heavy (non-hydrogen) atoms. The zero-order valence-electron chi connectivity index (χ0n) is 9.59. The summed E-state index contributed by atoms with van der Waals surface area (Å²) in [5, 5.41) is 0. The third-order valence-corrected chi connectivity index (χ3v) is 4.75. The van der Waals surface area contributed by atoms with Gasteiger partial charge in [0.2, 0.25) is 0 Å². The minimum atomic E-state index is -0.0130. The van der Waals surface area contributed by atoms with E-state index in [0.717, 1.165) is 6.42 Å². The molecular weight excluding hydrogens is 182 g/mol.